The molecule has 3 heteroatoms. The van der Waals surface area contributed by atoms with Crippen LogP contribution < -0.4 is 0 Å². The van der Waals surface area contributed by atoms with Gasteiger partial charge in [0.25, 0.3) is 0 Å². The third-order valence-electron chi connectivity index (χ3n) is 5.12. The van der Waals surface area contributed by atoms with Crippen LogP contribution in [0.25, 0.3) is 0 Å². The summed E-state index contributed by atoms with van der Waals surface area (Å²) >= 11 is 4.11. The van der Waals surface area contributed by atoms with Crippen molar-refractivity contribution in [3.63, 3.8) is 0 Å². The van der Waals surface area contributed by atoms with E-state index in [4.69, 9.17) is 4.74 Å². The highest BCUT2D eigenvalue weighted by Gasteiger charge is 2.11. The van der Waals surface area contributed by atoms with Crippen LogP contribution in [0.15, 0.2) is 0 Å². The van der Waals surface area contributed by atoms with Crippen LogP contribution in [0, 0.1) is 5.92 Å². The van der Waals surface area contributed by atoms with Gasteiger partial charge < -0.3 is 9.84 Å². The van der Waals surface area contributed by atoms with Crippen LogP contribution in [0.3, 0.4) is 0 Å². The maximum Gasteiger partial charge on any atom is 0.0675 e. The Labute approximate surface area is 163 Å². The zero-order valence-electron chi connectivity index (χ0n) is 17.2. The lowest BCUT2D eigenvalue weighted by Crippen LogP contribution is -2.23. The Bertz CT molecular complexity index is 248. The number of hydrogen-bond acceptors (Lipinski definition) is 3. The minimum Gasteiger partial charge on any atom is -0.392 e. The van der Waals surface area contributed by atoms with E-state index in [1.54, 1.807) is 0 Å². The van der Waals surface area contributed by atoms with Crippen LogP contribution >= 0.6 is 12.6 Å². The molecule has 25 heavy (non-hydrogen) atoms. The highest BCUT2D eigenvalue weighted by atomic mass is 32.1. The molecule has 0 aliphatic rings. The van der Waals surface area contributed by atoms with E-state index in [2.05, 4.69) is 19.6 Å². The van der Waals surface area contributed by atoms with Crippen molar-refractivity contribution in [1.82, 2.24) is 0 Å². The van der Waals surface area contributed by atoms with E-state index in [0.29, 0.717) is 12.4 Å². The van der Waals surface area contributed by atoms with Crippen molar-refractivity contribution in [2.24, 2.45) is 5.92 Å². The second kappa shape index (κ2) is 20.6. The van der Waals surface area contributed by atoms with Crippen LogP contribution in [0.4, 0.5) is 0 Å². The molecule has 0 fully saturated rings. The molecule has 2 nitrogen and oxygen atoms in total. The van der Waals surface area contributed by atoms with E-state index in [1.807, 2.05) is 6.92 Å². The van der Waals surface area contributed by atoms with Crippen LogP contribution in [0.2, 0.25) is 0 Å². The van der Waals surface area contributed by atoms with Gasteiger partial charge in [0.05, 0.1) is 12.7 Å². The maximum absolute atomic E-state index is 9.60. The average molecular weight is 375 g/mol. The molecule has 0 aromatic heterocycles. The van der Waals surface area contributed by atoms with Crippen molar-refractivity contribution in [3.8, 4) is 0 Å². The van der Waals surface area contributed by atoms with E-state index in [0.717, 1.165) is 13.0 Å². The van der Waals surface area contributed by atoms with Crippen molar-refractivity contribution in [1.29, 1.82) is 0 Å². The summed E-state index contributed by atoms with van der Waals surface area (Å²) in [6.07, 6.45) is 20.5. The Morgan fingerprint density at radius 3 is 1.52 bits per heavy atom. The van der Waals surface area contributed by atoms with Crippen molar-refractivity contribution < 1.29 is 9.84 Å². The molecule has 0 spiro atoms. The van der Waals surface area contributed by atoms with Gasteiger partial charge in [0.15, 0.2) is 0 Å². The summed E-state index contributed by atoms with van der Waals surface area (Å²) in [6.45, 7) is 5.79. The molecule has 0 saturated carbocycles. The van der Waals surface area contributed by atoms with Gasteiger partial charge in [-0.05, 0) is 6.42 Å². The van der Waals surface area contributed by atoms with Crippen molar-refractivity contribution in [3.05, 3.63) is 0 Å². The Morgan fingerprint density at radius 1 is 0.720 bits per heavy atom. The fraction of sp³-hybridized carbons (Fsp3) is 1.00. The molecule has 0 aromatic rings. The monoisotopic (exact) mass is 374 g/mol. The first-order valence-electron chi connectivity index (χ1n) is 11.1. The predicted molar refractivity (Wildman–Crippen MR) is 115 cm³/mol. The largest absolute Gasteiger partial charge is 0.392 e. The highest BCUT2D eigenvalue weighted by molar-refractivity contribution is 7.80. The molecular weight excluding hydrogens is 328 g/mol. The molecular formula is C22H46O2S. The van der Waals surface area contributed by atoms with E-state index < -0.39 is 0 Å². The molecule has 0 saturated heterocycles. The molecule has 0 aromatic carbocycles. The van der Waals surface area contributed by atoms with Crippen LogP contribution in [-0.4, -0.2) is 30.2 Å². The summed E-state index contributed by atoms with van der Waals surface area (Å²) < 4.78 is 5.64. The molecule has 2 atom stereocenters. The number of unbranched alkanes of at least 4 members (excludes halogenated alkanes) is 14. The van der Waals surface area contributed by atoms with E-state index in [-0.39, 0.29) is 12.0 Å². The smallest absolute Gasteiger partial charge is 0.0675 e. The molecule has 0 aliphatic heterocycles. The lowest BCUT2D eigenvalue weighted by Gasteiger charge is -2.16. The normalized spacial score (nSPS) is 13.9. The summed E-state index contributed by atoms with van der Waals surface area (Å²) in [5.41, 5.74) is 0. The first kappa shape index (κ1) is 25.3. The minimum atomic E-state index is -0.343. The van der Waals surface area contributed by atoms with Crippen LogP contribution in [0.5, 0.6) is 0 Å². The molecule has 0 heterocycles. The number of thiol groups is 1. The third-order valence-corrected chi connectivity index (χ3v) is 5.49. The van der Waals surface area contributed by atoms with Gasteiger partial charge in [-0.15, -0.1) is 0 Å². The summed E-state index contributed by atoms with van der Waals surface area (Å²) in [4.78, 5) is 0. The van der Waals surface area contributed by atoms with Crippen molar-refractivity contribution in [2.75, 3.05) is 19.0 Å². The quantitative estimate of drug-likeness (QED) is 0.181. The van der Waals surface area contributed by atoms with Gasteiger partial charge in [-0.1, -0.05) is 104 Å². The van der Waals surface area contributed by atoms with Gasteiger partial charge in [-0.25, -0.2) is 0 Å². The van der Waals surface area contributed by atoms with E-state index in [9.17, 15) is 5.11 Å². The standard InChI is InChI=1S/C22H46O2S/c1-3-4-5-6-7-8-9-10-11-12-13-14-15-16-17-18-24-19-21(2)22(23)20-25/h21-23,25H,3-20H2,1-2H3. The number of hydrogen-bond donors (Lipinski definition) is 2. The van der Waals surface area contributed by atoms with Gasteiger partial charge in [0.1, 0.15) is 0 Å². The second-order valence-electron chi connectivity index (χ2n) is 7.75. The van der Waals surface area contributed by atoms with Gasteiger partial charge in [-0.2, -0.15) is 12.6 Å². The predicted octanol–water partition coefficient (Wildman–Crippen LogP) is 6.80. The Hall–Kier alpha value is 0.270. The van der Waals surface area contributed by atoms with Gasteiger partial charge >= 0.3 is 0 Å². The molecule has 1 N–H and O–H groups in total. The molecule has 0 bridgehead atoms. The number of rotatable bonds is 20. The Balaban J connectivity index is 3.07. The van der Waals surface area contributed by atoms with E-state index in [1.165, 1.54) is 89.9 Å². The molecule has 0 radical (unpaired) electrons. The number of aliphatic hydroxyl groups excluding tert-OH is 1. The molecule has 0 rings (SSSR count). The van der Waals surface area contributed by atoms with Gasteiger partial charge in [0, 0.05) is 18.3 Å². The SMILES string of the molecule is CCCCCCCCCCCCCCCCCOCC(C)C(O)CS. The minimum absolute atomic E-state index is 0.189. The average Bonchev–Trinajstić information content (AvgIpc) is 2.63. The third kappa shape index (κ3) is 18.8. The van der Waals surface area contributed by atoms with E-state index >= 15 is 0 Å². The summed E-state index contributed by atoms with van der Waals surface area (Å²) in [5, 5.41) is 9.60. The summed E-state index contributed by atoms with van der Waals surface area (Å²) in [6, 6.07) is 0. The first-order valence-corrected chi connectivity index (χ1v) is 11.7. The molecule has 2 unspecified atom stereocenters. The Morgan fingerprint density at radius 2 is 1.12 bits per heavy atom. The molecule has 0 aliphatic carbocycles. The highest BCUT2D eigenvalue weighted by Crippen LogP contribution is 2.13. The Kier molecular flexibility index (Phi) is 20.8. The van der Waals surface area contributed by atoms with Crippen molar-refractivity contribution in [2.45, 2.75) is 116 Å². The lowest BCUT2D eigenvalue weighted by atomic mass is 10.0. The topological polar surface area (TPSA) is 29.5 Å². The number of aliphatic hydroxyl groups is 1. The first-order chi connectivity index (χ1) is 12.2. The number of ether oxygens (including phenoxy) is 1. The van der Waals surface area contributed by atoms with Crippen LogP contribution in [0.1, 0.15) is 110 Å². The van der Waals surface area contributed by atoms with Crippen LogP contribution in [-0.2, 0) is 4.74 Å². The van der Waals surface area contributed by atoms with Crippen molar-refractivity contribution >= 4 is 12.6 Å². The summed E-state index contributed by atoms with van der Waals surface area (Å²) in [7, 11) is 0. The van der Waals surface area contributed by atoms with Gasteiger partial charge in [0.2, 0.25) is 0 Å². The van der Waals surface area contributed by atoms with Gasteiger partial charge in [-0.3, -0.25) is 0 Å². The molecule has 0 amide bonds. The zero-order valence-corrected chi connectivity index (χ0v) is 18.1. The zero-order chi connectivity index (χ0) is 18.6. The maximum atomic E-state index is 9.60. The fourth-order valence-electron chi connectivity index (χ4n) is 3.14. The lowest BCUT2D eigenvalue weighted by molar-refractivity contribution is 0.0449. The molecule has 152 valence electrons. The second-order valence-corrected chi connectivity index (χ2v) is 8.12. The summed E-state index contributed by atoms with van der Waals surface area (Å²) in [5.74, 6) is 0.706. The fourth-order valence-corrected chi connectivity index (χ4v) is 3.50.